The van der Waals surface area contributed by atoms with E-state index in [1.165, 1.54) is 12.7 Å². The maximum Gasteiger partial charge on any atom is 0.337 e. The van der Waals surface area contributed by atoms with Crippen LogP contribution < -0.4 is 0 Å². The highest BCUT2D eigenvalue weighted by molar-refractivity contribution is 5.98. The monoisotopic (exact) mass is 433 g/mol. The molecular weight excluding hydrogens is 402 g/mol. The molecule has 1 aliphatic rings. The molecular formula is C26H31N3O3. The van der Waals surface area contributed by atoms with Crippen LogP contribution in [0, 0.1) is 5.92 Å². The molecule has 3 aromatic rings. The molecule has 6 heteroatoms. The number of hydrogen-bond acceptors (Lipinski definition) is 4. The Balaban J connectivity index is 1.36. The molecule has 1 unspecified atom stereocenters. The molecule has 2 aromatic carbocycles. The number of ether oxygens (including phenoxy) is 1. The van der Waals surface area contributed by atoms with Crippen molar-refractivity contribution in [3.05, 3.63) is 71.4 Å². The Kier molecular flexibility index (Phi) is 6.90. The predicted octanol–water partition coefficient (Wildman–Crippen LogP) is 4.33. The molecule has 168 valence electrons. The van der Waals surface area contributed by atoms with E-state index >= 15 is 0 Å². The standard InChI is InChI=1S/C26H31N3O3/c1-3-29(25(30)24-15-22-8-4-5-9-23(22)27-24)18-20-7-6-14-28(17-20)16-19-10-12-21(13-11-19)26(31)32-2/h4-5,8-13,15,20,27H,3,6-7,14,16-18H2,1-2H3. The van der Waals surface area contributed by atoms with E-state index in [1.54, 1.807) is 0 Å². The van der Waals surface area contributed by atoms with Crippen LogP contribution in [-0.2, 0) is 11.3 Å². The van der Waals surface area contributed by atoms with Crippen molar-refractivity contribution in [3.63, 3.8) is 0 Å². The molecule has 1 amide bonds. The number of nitrogens with one attached hydrogen (secondary N) is 1. The van der Waals surface area contributed by atoms with Gasteiger partial charge in [0.2, 0.25) is 0 Å². The molecule has 0 saturated carbocycles. The first kappa shape index (κ1) is 22.1. The van der Waals surface area contributed by atoms with Gasteiger partial charge in [0.1, 0.15) is 5.69 Å². The first-order valence-corrected chi connectivity index (χ1v) is 11.3. The summed E-state index contributed by atoms with van der Waals surface area (Å²) in [5, 5.41) is 1.06. The summed E-state index contributed by atoms with van der Waals surface area (Å²) in [5.41, 5.74) is 3.40. The van der Waals surface area contributed by atoms with E-state index in [0.29, 0.717) is 23.7 Å². The molecule has 0 aliphatic carbocycles. The van der Waals surface area contributed by atoms with Gasteiger partial charge in [0.05, 0.1) is 12.7 Å². The summed E-state index contributed by atoms with van der Waals surface area (Å²) in [6, 6.07) is 17.6. The molecule has 1 fully saturated rings. The van der Waals surface area contributed by atoms with E-state index in [4.69, 9.17) is 4.74 Å². The van der Waals surface area contributed by atoms with Gasteiger partial charge >= 0.3 is 5.97 Å². The Morgan fingerprint density at radius 2 is 1.94 bits per heavy atom. The van der Waals surface area contributed by atoms with E-state index in [1.807, 2.05) is 66.4 Å². The molecule has 6 nitrogen and oxygen atoms in total. The summed E-state index contributed by atoms with van der Waals surface area (Å²) in [6.45, 7) is 6.37. The van der Waals surface area contributed by atoms with Crippen LogP contribution in [-0.4, -0.2) is 59.9 Å². The van der Waals surface area contributed by atoms with Crippen LogP contribution in [0.15, 0.2) is 54.6 Å². The zero-order valence-electron chi connectivity index (χ0n) is 18.8. The van der Waals surface area contributed by atoms with Gasteiger partial charge in [-0.05, 0) is 62.1 Å². The minimum Gasteiger partial charge on any atom is -0.465 e. The summed E-state index contributed by atoms with van der Waals surface area (Å²) in [5.74, 6) is 0.208. The van der Waals surface area contributed by atoms with Crippen molar-refractivity contribution in [2.75, 3.05) is 33.3 Å². The average molecular weight is 434 g/mol. The topological polar surface area (TPSA) is 65.6 Å². The summed E-state index contributed by atoms with van der Waals surface area (Å²) < 4.78 is 4.77. The SMILES string of the molecule is CCN(CC1CCCN(Cc2ccc(C(=O)OC)cc2)C1)C(=O)c1cc2ccccc2[nH]1. The molecule has 4 rings (SSSR count). The van der Waals surface area contributed by atoms with Gasteiger partial charge in [-0.15, -0.1) is 0 Å². The van der Waals surface area contributed by atoms with Crippen molar-refractivity contribution in [1.29, 1.82) is 0 Å². The minimum absolute atomic E-state index is 0.0687. The van der Waals surface area contributed by atoms with Crippen molar-refractivity contribution in [3.8, 4) is 0 Å². The molecule has 0 bridgehead atoms. The largest absolute Gasteiger partial charge is 0.465 e. The number of H-pyrrole nitrogens is 1. The number of rotatable bonds is 7. The number of likely N-dealkylation sites (tertiary alicyclic amines) is 1. The van der Waals surface area contributed by atoms with E-state index in [9.17, 15) is 9.59 Å². The fourth-order valence-corrected chi connectivity index (χ4v) is 4.59. The highest BCUT2D eigenvalue weighted by Gasteiger charge is 2.25. The highest BCUT2D eigenvalue weighted by atomic mass is 16.5. The third-order valence-corrected chi connectivity index (χ3v) is 6.29. The lowest BCUT2D eigenvalue weighted by Crippen LogP contribution is -2.42. The van der Waals surface area contributed by atoms with Crippen molar-refractivity contribution in [1.82, 2.24) is 14.8 Å². The second-order valence-corrected chi connectivity index (χ2v) is 8.55. The number of para-hydroxylation sites is 1. The lowest BCUT2D eigenvalue weighted by atomic mass is 9.96. The molecule has 1 aliphatic heterocycles. The van der Waals surface area contributed by atoms with Crippen LogP contribution in [0.4, 0.5) is 0 Å². The summed E-state index contributed by atoms with van der Waals surface area (Å²) >= 11 is 0. The van der Waals surface area contributed by atoms with Crippen LogP contribution in [0.5, 0.6) is 0 Å². The first-order chi connectivity index (χ1) is 15.6. The number of aromatic amines is 1. The summed E-state index contributed by atoms with van der Waals surface area (Å²) in [4.78, 5) is 32.5. The Bertz CT molecular complexity index is 1040. The van der Waals surface area contributed by atoms with Gasteiger partial charge in [-0.3, -0.25) is 9.69 Å². The van der Waals surface area contributed by atoms with Gasteiger partial charge in [-0.2, -0.15) is 0 Å². The van der Waals surface area contributed by atoms with Crippen molar-refractivity contribution < 1.29 is 14.3 Å². The highest BCUT2D eigenvalue weighted by Crippen LogP contribution is 2.22. The number of carbonyl (C=O) groups excluding carboxylic acids is 2. The maximum atomic E-state index is 13.1. The van der Waals surface area contributed by atoms with Crippen LogP contribution in [0.25, 0.3) is 10.9 Å². The molecule has 0 radical (unpaired) electrons. The van der Waals surface area contributed by atoms with E-state index in [0.717, 1.165) is 49.9 Å². The number of nitrogens with zero attached hydrogens (tertiary/aromatic N) is 2. The van der Waals surface area contributed by atoms with Gasteiger partial charge in [0.15, 0.2) is 0 Å². The smallest absolute Gasteiger partial charge is 0.337 e. The minimum atomic E-state index is -0.311. The number of esters is 1. The summed E-state index contributed by atoms with van der Waals surface area (Å²) in [7, 11) is 1.40. The normalized spacial score (nSPS) is 16.8. The van der Waals surface area contributed by atoms with Crippen LogP contribution in [0.2, 0.25) is 0 Å². The number of aromatic nitrogens is 1. The first-order valence-electron chi connectivity index (χ1n) is 11.3. The Hall–Kier alpha value is -3.12. The molecule has 1 saturated heterocycles. The lowest BCUT2D eigenvalue weighted by Gasteiger charge is -2.35. The number of benzene rings is 2. The van der Waals surface area contributed by atoms with Crippen LogP contribution in [0.1, 0.15) is 46.2 Å². The zero-order valence-corrected chi connectivity index (χ0v) is 18.8. The average Bonchev–Trinajstić information content (AvgIpc) is 3.27. The van der Waals surface area contributed by atoms with E-state index in [-0.39, 0.29) is 11.9 Å². The van der Waals surface area contributed by atoms with Crippen molar-refractivity contribution in [2.24, 2.45) is 5.92 Å². The van der Waals surface area contributed by atoms with Crippen LogP contribution in [0.3, 0.4) is 0 Å². The molecule has 1 N–H and O–H groups in total. The molecule has 1 aromatic heterocycles. The number of carbonyl (C=O) groups is 2. The van der Waals surface area contributed by atoms with Crippen molar-refractivity contribution in [2.45, 2.75) is 26.3 Å². The molecule has 2 heterocycles. The maximum absolute atomic E-state index is 13.1. The van der Waals surface area contributed by atoms with Gasteiger partial charge in [-0.1, -0.05) is 30.3 Å². The number of piperidine rings is 1. The van der Waals surface area contributed by atoms with Crippen molar-refractivity contribution >= 4 is 22.8 Å². The van der Waals surface area contributed by atoms with Crippen LogP contribution >= 0.6 is 0 Å². The number of methoxy groups -OCH3 is 1. The second-order valence-electron chi connectivity index (χ2n) is 8.55. The summed E-state index contributed by atoms with van der Waals surface area (Å²) in [6.07, 6.45) is 2.26. The number of hydrogen-bond donors (Lipinski definition) is 1. The molecule has 32 heavy (non-hydrogen) atoms. The van der Waals surface area contributed by atoms with E-state index in [2.05, 4.69) is 9.88 Å². The zero-order chi connectivity index (χ0) is 22.5. The molecule has 1 atom stereocenters. The van der Waals surface area contributed by atoms with Gasteiger partial charge in [0.25, 0.3) is 5.91 Å². The van der Waals surface area contributed by atoms with E-state index < -0.39 is 0 Å². The third kappa shape index (κ3) is 5.02. The lowest BCUT2D eigenvalue weighted by molar-refractivity contribution is 0.0599. The fraction of sp³-hybridized carbons (Fsp3) is 0.385. The number of amides is 1. The third-order valence-electron chi connectivity index (χ3n) is 6.29. The second kappa shape index (κ2) is 10.0. The fourth-order valence-electron chi connectivity index (χ4n) is 4.59. The number of fused-ring (bicyclic) bond motifs is 1. The van der Waals surface area contributed by atoms with Gasteiger partial charge < -0.3 is 14.6 Å². The Morgan fingerprint density at radius 3 is 2.66 bits per heavy atom. The predicted molar refractivity (Wildman–Crippen MR) is 126 cm³/mol. The Labute approximate surface area is 189 Å². The van der Waals surface area contributed by atoms with Gasteiger partial charge in [0, 0.05) is 37.1 Å². The van der Waals surface area contributed by atoms with Gasteiger partial charge in [-0.25, -0.2) is 4.79 Å². The quantitative estimate of drug-likeness (QED) is 0.564. The Morgan fingerprint density at radius 1 is 1.16 bits per heavy atom. The molecule has 0 spiro atoms.